The van der Waals surface area contributed by atoms with Crippen molar-refractivity contribution >= 4 is 11.7 Å². The van der Waals surface area contributed by atoms with Gasteiger partial charge in [0, 0.05) is 50.2 Å². The van der Waals surface area contributed by atoms with E-state index in [2.05, 4.69) is 5.10 Å². The number of ketones is 1. The predicted molar refractivity (Wildman–Crippen MR) is 78.2 cm³/mol. The molecule has 0 radical (unpaired) electrons. The second-order valence-electron chi connectivity index (χ2n) is 6.61. The average Bonchev–Trinajstić information content (AvgIpc) is 2.83. The van der Waals surface area contributed by atoms with Gasteiger partial charge in [-0.15, -0.1) is 0 Å². The number of hydrogen-bond acceptors (Lipinski definition) is 3. The van der Waals surface area contributed by atoms with Crippen molar-refractivity contribution in [2.75, 3.05) is 7.05 Å². The molecule has 2 unspecified atom stereocenters. The molecule has 5 heteroatoms. The fourth-order valence-electron chi connectivity index (χ4n) is 3.90. The molecule has 114 valence electrons. The summed E-state index contributed by atoms with van der Waals surface area (Å²) < 4.78 is 1.75. The number of carbonyl (C=O) groups is 2. The van der Waals surface area contributed by atoms with Crippen LogP contribution in [-0.2, 0) is 23.2 Å². The van der Waals surface area contributed by atoms with E-state index in [9.17, 15) is 9.59 Å². The van der Waals surface area contributed by atoms with E-state index in [1.807, 2.05) is 20.3 Å². The maximum absolute atomic E-state index is 12.6. The fraction of sp³-hybridized carbons (Fsp3) is 0.688. The summed E-state index contributed by atoms with van der Waals surface area (Å²) in [6.45, 7) is 0.590. The van der Waals surface area contributed by atoms with Crippen LogP contribution in [0.2, 0.25) is 0 Å². The number of carbonyl (C=O) groups excluding carboxylic acids is 2. The maximum atomic E-state index is 12.6. The Labute approximate surface area is 125 Å². The molecule has 2 atom stereocenters. The van der Waals surface area contributed by atoms with Crippen LogP contribution < -0.4 is 0 Å². The number of aryl methyl sites for hydroxylation is 1. The molecule has 0 spiro atoms. The first-order valence-corrected chi connectivity index (χ1v) is 7.81. The third kappa shape index (κ3) is 2.87. The molecule has 2 aliphatic rings. The van der Waals surface area contributed by atoms with Gasteiger partial charge in [-0.2, -0.15) is 5.10 Å². The molecular weight excluding hydrogens is 266 g/mol. The standard InChI is InChI=1S/C16H23N3O2/c1-18(9-11-8-17-19(2)10-11)16(21)14-6-12-4-3-5-13(7-14)15(12)20/h8,10,12-14H,3-7,9H2,1-2H3. The van der Waals surface area contributed by atoms with E-state index in [-0.39, 0.29) is 23.7 Å². The maximum Gasteiger partial charge on any atom is 0.225 e. The molecule has 0 N–H and O–H groups in total. The van der Waals surface area contributed by atoms with Gasteiger partial charge in [-0.1, -0.05) is 6.42 Å². The Kier molecular flexibility index (Phi) is 3.83. The van der Waals surface area contributed by atoms with Gasteiger partial charge in [-0.25, -0.2) is 0 Å². The number of rotatable bonds is 3. The highest BCUT2D eigenvalue weighted by atomic mass is 16.2. The van der Waals surface area contributed by atoms with E-state index in [1.54, 1.807) is 15.8 Å². The number of amides is 1. The highest BCUT2D eigenvalue weighted by Gasteiger charge is 2.41. The number of fused-ring (bicyclic) bond motifs is 2. The molecule has 5 nitrogen and oxygen atoms in total. The van der Waals surface area contributed by atoms with Gasteiger partial charge in [0.2, 0.25) is 5.91 Å². The van der Waals surface area contributed by atoms with Crippen LogP contribution in [0.4, 0.5) is 0 Å². The first-order chi connectivity index (χ1) is 10.0. The first-order valence-electron chi connectivity index (χ1n) is 7.81. The SMILES string of the molecule is CN(Cc1cnn(C)c1)C(=O)C1CC2CCCC(C1)C2=O. The quantitative estimate of drug-likeness (QED) is 0.852. The van der Waals surface area contributed by atoms with Crippen molar-refractivity contribution in [3.63, 3.8) is 0 Å². The van der Waals surface area contributed by atoms with Crippen LogP contribution in [0, 0.1) is 17.8 Å². The van der Waals surface area contributed by atoms with Crippen molar-refractivity contribution in [2.24, 2.45) is 24.8 Å². The van der Waals surface area contributed by atoms with Gasteiger partial charge in [-0.3, -0.25) is 14.3 Å². The summed E-state index contributed by atoms with van der Waals surface area (Å²) >= 11 is 0. The molecule has 2 saturated carbocycles. The van der Waals surface area contributed by atoms with Crippen LogP contribution in [0.15, 0.2) is 12.4 Å². The fourth-order valence-corrected chi connectivity index (χ4v) is 3.90. The molecule has 2 fully saturated rings. The molecular formula is C16H23N3O2. The van der Waals surface area contributed by atoms with Crippen LogP contribution >= 0.6 is 0 Å². The van der Waals surface area contributed by atoms with Crippen molar-refractivity contribution in [1.29, 1.82) is 0 Å². The number of Topliss-reactive ketones (excluding diaryl/α,β-unsaturated/α-hetero) is 1. The zero-order valence-electron chi connectivity index (χ0n) is 12.8. The summed E-state index contributed by atoms with van der Waals surface area (Å²) in [5.41, 5.74) is 1.04. The molecule has 0 aliphatic heterocycles. The van der Waals surface area contributed by atoms with Gasteiger partial charge in [0.1, 0.15) is 5.78 Å². The zero-order valence-corrected chi connectivity index (χ0v) is 12.8. The van der Waals surface area contributed by atoms with Gasteiger partial charge in [0.05, 0.1) is 6.20 Å². The minimum atomic E-state index is 0.0275. The topological polar surface area (TPSA) is 55.2 Å². The largest absolute Gasteiger partial charge is 0.341 e. The molecule has 2 bridgehead atoms. The van der Waals surface area contributed by atoms with Crippen molar-refractivity contribution in [2.45, 2.75) is 38.6 Å². The summed E-state index contributed by atoms with van der Waals surface area (Å²) in [6, 6.07) is 0. The molecule has 1 aromatic heterocycles. The lowest BCUT2D eigenvalue weighted by molar-refractivity contribution is -0.142. The van der Waals surface area contributed by atoms with Gasteiger partial charge in [-0.05, 0) is 25.7 Å². The van der Waals surface area contributed by atoms with E-state index >= 15 is 0 Å². The van der Waals surface area contributed by atoms with Crippen LogP contribution in [0.5, 0.6) is 0 Å². The molecule has 21 heavy (non-hydrogen) atoms. The van der Waals surface area contributed by atoms with Crippen molar-refractivity contribution in [3.05, 3.63) is 18.0 Å². The Morgan fingerprint density at radius 1 is 1.38 bits per heavy atom. The van der Waals surface area contributed by atoms with Crippen LogP contribution in [0.1, 0.15) is 37.7 Å². The Bertz CT molecular complexity index is 535. The number of hydrogen-bond donors (Lipinski definition) is 0. The Balaban J connectivity index is 1.63. The Hall–Kier alpha value is -1.65. The van der Waals surface area contributed by atoms with E-state index in [0.29, 0.717) is 12.3 Å². The number of aromatic nitrogens is 2. The summed E-state index contributed by atoms with van der Waals surface area (Å²) in [6.07, 6.45) is 8.34. The highest BCUT2D eigenvalue weighted by molar-refractivity contribution is 5.88. The second-order valence-corrected chi connectivity index (χ2v) is 6.61. The second kappa shape index (κ2) is 5.62. The Morgan fingerprint density at radius 2 is 2.05 bits per heavy atom. The molecule has 1 amide bonds. The van der Waals surface area contributed by atoms with Crippen molar-refractivity contribution in [1.82, 2.24) is 14.7 Å². The summed E-state index contributed by atoms with van der Waals surface area (Å²) in [5, 5.41) is 4.13. The molecule has 3 rings (SSSR count). The van der Waals surface area contributed by atoms with Gasteiger partial charge < -0.3 is 4.90 Å². The van der Waals surface area contributed by atoms with Gasteiger partial charge >= 0.3 is 0 Å². The van der Waals surface area contributed by atoms with Crippen LogP contribution in [-0.4, -0.2) is 33.4 Å². The van der Waals surface area contributed by atoms with Gasteiger partial charge in [0.15, 0.2) is 0 Å². The lowest BCUT2D eigenvalue weighted by Crippen LogP contribution is -2.42. The number of nitrogens with zero attached hydrogens (tertiary/aromatic N) is 3. The van der Waals surface area contributed by atoms with E-state index < -0.39 is 0 Å². The molecule has 2 aliphatic carbocycles. The van der Waals surface area contributed by atoms with E-state index in [4.69, 9.17) is 0 Å². The summed E-state index contributed by atoms with van der Waals surface area (Å²) in [4.78, 5) is 26.5. The van der Waals surface area contributed by atoms with E-state index in [0.717, 1.165) is 37.7 Å². The third-order valence-corrected chi connectivity index (χ3v) is 4.95. The predicted octanol–water partition coefficient (Wildman–Crippen LogP) is 1.77. The minimum Gasteiger partial charge on any atom is -0.341 e. The molecule has 0 saturated heterocycles. The molecule has 0 aromatic carbocycles. The molecule has 1 aromatic rings. The molecule has 1 heterocycles. The smallest absolute Gasteiger partial charge is 0.225 e. The third-order valence-electron chi connectivity index (χ3n) is 4.95. The highest BCUT2D eigenvalue weighted by Crippen LogP contribution is 2.40. The van der Waals surface area contributed by atoms with E-state index in [1.165, 1.54) is 0 Å². The Morgan fingerprint density at radius 3 is 2.62 bits per heavy atom. The summed E-state index contributed by atoms with van der Waals surface area (Å²) in [7, 11) is 3.72. The van der Waals surface area contributed by atoms with Crippen LogP contribution in [0.25, 0.3) is 0 Å². The normalized spacial score (nSPS) is 28.5. The lowest BCUT2D eigenvalue weighted by atomic mass is 9.67. The summed E-state index contributed by atoms with van der Waals surface area (Å²) in [5.74, 6) is 0.902. The van der Waals surface area contributed by atoms with Crippen molar-refractivity contribution in [3.8, 4) is 0 Å². The van der Waals surface area contributed by atoms with Crippen molar-refractivity contribution < 1.29 is 9.59 Å². The first kappa shape index (κ1) is 14.3. The lowest BCUT2D eigenvalue weighted by Gasteiger charge is -2.38. The zero-order chi connectivity index (χ0) is 15.0. The minimum absolute atomic E-state index is 0.0275. The monoisotopic (exact) mass is 289 g/mol. The van der Waals surface area contributed by atoms with Gasteiger partial charge in [0.25, 0.3) is 0 Å². The van der Waals surface area contributed by atoms with Crippen LogP contribution in [0.3, 0.4) is 0 Å². The average molecular weight is 289 g/mol.